The minimum Gasteiger partial charge on any atom is -0.296 e. The Balaban J connectivity index is 1.56. The summed E-state index contributed by atoms with van der Waals surface area (Å²) < 4.78 is 5.20. The Labute approximate surface area is 142 Å². The molecule has 24 heavy (non-hydrogen) atoms. The molecule has 8 heteroatoms. The van der Waals surface area contributed by atoms with E-state index in [4.69, 9.17) is 0 Å². The van der Waals surface area contributed by atoms with Gasteiger partial charge in [-0.05, 0) is 45.7 Å². The number of aromatic nitrogens is 6. The van der Waals surface area contributed by atoms with Crippen molar-refractivity contribution in [2.24, 2.45) is 13.0 Å². The van der Waals surface area contributed by atoms with Gasteiger partial charge in [-0.2, -0.15) is 10.2 Å². The monoisotopic (exact) mass is 333 g/mol. The highest BCUT2D eigenvalue weighted by Crippen LogP contribution is 2.21. The number of hydrogen-bond donors (Lipinski definition) is 0. The van der Waals surface area contributed by atoms with E-state index in [9.17, 15) is 4.79 Å². The van der Waals surface area contributed by atoms with Crippen molar-refractivity contribution in [2.75, 3.05) is 13.1 Å². The summed E-state index contributed by atoms with van der Waals surface area (Å²) >= 11 is 0. The first-order chi connectivity index (χ1) is 11.6. The zero-order valence-electron chi connectivity index (χ0n) is 14.9. The van der Waals surface area contributed by atoms with Crippen molar-refractivity contribution >= 4 is 0 Å². The highest BCUT2D eigenvalue weighted by molar-refractivity contribution is 4.92. The number of aryl methyl sites for hydroxylation is 2. The maximum Gasteiger partial charge on any atom is 0.345 e. The van der Waals surface area contributed by atoms with E-state index in [1.807, 2.05) is 11.6 Å². The molecule has 1 saturated heterocycles. The molecule has 0 bridgehead atoms. The molecule has 0 spiro atoms. The summed E-state index contributed by atoms with van der Waals surface area (Å²) in [5.74, 6) is 2.56. The molecule has 1 aliphatic rings. The highest BCUT2D eigenvalue weighted by atomic mass is 16.2. The van der Waals surface area contributed by atoms with Gasteiger partial charge in [-0.1, -0.05) is 0 Å². The van der Waals surface area contributed by atoms with Crippen molar-refractivity contribution in [1.82, 2.24) is 34.0 Å². The average Bonchev–Trinajstić information content (AvgIpc) is 3.14. The summed E-state index contributed by atoms with van der Waals surface area (Å²) in [6.07, 6.45) is 4.79. The fourth-order valence-corrected chi connectivity index (χ4v) is 3.51. The van der Waals surface area contributed by atoms with Crippen molar-refractivity contribution in [3.05, 3.63) is 28.5 Å². The molecule has 2 aromatic heterocycles. The van der Waals surface area contributed by atoms with Crippen LogP contribution in [-0.4, -0.2) is 47.1 Å². The van der Waals surface area contributed by atoms with Crippen LogP contribution in [0.25, 0.3) is 0 Å². The first-order valence-electron chi connectivity index (χ1n) is 8.84. The number of hydrogen-bond acceptors (Lipinski definition) is 5. The lowest BCUT2D eigenvalue weighted by Crippen LogP contribution is -2.35. The summed E-state index contributed by atoms with van der Waals surface area (Å²) in [5, 5.41) is 8.65. The van der Waals surface area contributed by atoms with E-state index in [1.165, 1.54) is 4.68 Å². The highest BCUT2D eigenvalue weighted by Gasteiger charge is 2.23. The van der Waals surface area contributed by atoms with Gasteiger partial charge in [0.25, 0.3) is 0 Å². The van der Waals surface area contributed by atoms with Crippen LogP contribution in [0.15, 0.2) is 11.1 Å². The van der Waals surface area contributed by atoms with E-state index in [2.05, 4.69) is 27.0 Å². The van der Waals surface area contributed by atoms with Crippen molar-refractivity contribution in [3.63, 3.8) is 0 Å². The van der Waals surface area contributed by atoms with E-state index < -0.39 is 0 Å². The van der Waals surface area contributed by atoms with E-state index in [1.54, 1.807) is 17.9 Å². The zero-order chi connectivity index (χ0) is 17.1. The van der Waals surface area contributed by atoms with E-state index in [0.717, 1.165) is 57.1 Å². The standard InChI is InChI=1S/C16H27N7O/c1-4-22-14(19-20(3)16(22)24)10-13-6-8-21(9-7-13)11-15-17-12-18-23(15)5-2/h12-13H,4-11H2,1-3H3. The molecule has 0 saturated carbocycles. The molecular weight excluding hydrogens is 306 g/mol. The van der Waals surface area contributed by atoms with Gasteiger partial charge >= 0.3 is 5.69 Å². The Bertz CT molecular complexity index is 721. The van der Waals surface area contributed by atoms with E-state index >= 15 is 0 Å². The maximum atomic E-state index is 12.0. The van der Waals surface area contributed by atoms with Crippen molar-refractivity contribution < 1.29 is 0 Å². The number of nitrogens with zero attached hydrogens (tertiary/aromatic N) is 7. The van der Waals surface area contributed by atoms with Crippen molar-refractivity contribution in [3.8, 4) is 0 Å². The first-order valence-corrected chi connectivity index (χ1v) is 8.84. The molecular formula is C16H27N7O. The number of rotatable bonds is 6. The minimum atomic E-state index is -0.0103. The third-order valence-corrected chi connectivity index (χ3v) is 4.94. The third kappa shape index (κ3) is 3.43. The summed E-state index contributed by atoms with van der Waals surface area (Å²) in [6.45, 7) is 8.62. The van der Waals surface area contributed by atoms with Gasteiger partial charge in [0.2, 0.25) is 0 Å². The molecule has 0 amide bonds. The summed E-state index contributed by atoms with van der Waals surface area (Å²) in [5.41, 5.74) is -0.0103. The van der Waals surface area contributed by atoms with Gasteiger partial charge < -0.3 is 0 Å². The quantitative estimate of drug-likeness (QED) is 0.777. The zero-order valence-corrected chi connectivity index (χ0v) is 14.9. The lowest BCUT2D eigenvalue weighted by atomic mass is 9.93. The maximum absolute atomic E-state index is 12.0. The average molecular weight is 333 g/mol. The molecule has 0 atom stereocenters. The van der Waals surface area contributed by atoms with Crippen LogP contribution in [0.5, 0.6) is 0 Å². The fourth-order valence-electron chi connectivity index (χ4n) is 3.51. The van der Waals surface area contributed by atoms with Gasteiger partial charge in [-0.3, -0.25) is 9.47 Å². The molecule has 0 unspecified atom stereocenters. The SMILES string of the molecule is CCn1ncnc1CN1CCC(Cc2nn(C)c(=O)n2CC)CC1. The molecule has 3 rings (SSSR count). The topological polar surface area (TPSA) is 73.8 Å². The molecule has 132 valence electrons. The molecule has 0 radical (unpaired) electrons. The molecule has 0 aromatic carbocycles. The second-order valence-electron chi connectivity index (χ2n) is 6.48. The van der Waals surface area contributed by atoms with Crippen LogP contribution in [0, 0.1) is 5.92 Å². The lowest BCUT2D eigenvalue weighted by Gasteiger charge is -2.31. The Hall–Kier alpha value is -1.96. The molecule has 2 aromatic rings. The molecule has 0 N–H and O–H groups in total. The number of piperidine rings is 1. The van der Waals surface area contributed by atoms with Crippen LogP contribution < -0.4 is 5.69 Å². The molecule has 1 aliphatic heterocycles. The Morgan fingerprint density at radius 2 is 1.92 bits per heavy atom. The smallest absolute Gasteiger partial charge is 0.296 e. The Morgan fingerprint density at radius 3 is 2.58 bits per heavy atom. The number of likely N-dealkylation sites (tertiary alicyclic amines) is 1. The summed E-state index contributed by atoms with van der Waals surface area (Å²) in [4.78, 5) is 18.8. The first kappa shape index (κ1) is 16.9. The van der Waals surface area contributed by atoms with E-state index in [0.29, 0.717) is 12.5 Å². The van der Waals surface area contributed by atoms with Crippen LogP contribution in [0.3, 0.4) is 0 Å². The predicted molar refractivity (Wildman–Crippen MR) is 90.5 cm³/mol. The second kappa shape index (κ2) is 7.29. The lowest BCUT2D eigenvalue weighted by molar-refractivity contribution is 0.169. The van der Waals surface area contributed by atoms with Gasteiger partial charge in [0, 0.05) is 26.6 Å². The molecule has 0 aliphatic carbocycles. The van der Waals surface area contributed by atoms with Crippen LogP contribution in [0.2, 0.25) is 0 Å². The van der Waals surface area contributed by atoms with Crippen LogP contribution in [-0.2, 0) is 33.1 Å². The van der Waals surface area contributed by atoms with Crippen LogP contribution >= 0.6 is 0 Å². The van der Waals surface area contributed by atoms with Crippen LogP contribution in [0.4, 0.5) is 0 Å². The van der Waals surface area contributed by atoms with Gasteiger partial charge in [0.05, 0.1) is 6.54 Å². The van der Waals surface area contributed by atoms with Crippen LogP contribution in [0.1, 0.15) is 38.3 Å². The minimum absolute atomic E-state index is 0.0103. The Kier molecular flexibility index (Phi) is 5.13. The van der Waals surface area contributed by atoms with Gasteiger partial charge in [0.1, 0.15) is 18.0 Å². The molecule has 3 heterocycles. The van der Waals surface area contributed by atoms with Gasteiger partial charge in [0.15, 0.2) is 0 Å². The molecule has 1 fully saturated rings. The Morgan fingerprint density at radius 1 is 1.17 bits per heavy atom. The predicted octanol–water partition coefficient (Wildman–Crippen LogP) is 0.668. The summed E-state index contributed by atoms with van der Waals surface area (Å²) in [6, 6.07) is 0. The van der Waals surface area contributed by atoms with Crippen molar-refractivity contribution in [1.29, 1.82) is 0 Å². The summed E-state index contributed by atoms with van der Waals surface area (Å²) in [7, 11) is 1.73. The normalized spacial score (nSPS) is 16.8. The van der Waals surface area contributed by atoms with Gasteiger partial charge in [-0.25, -0.2) is 19.1 Å². The largest absolute Gasteiger partial charge is 0.345 e. The second-order valence-corrected chi connectivity index (χ2v) is 6.48. The fraction of sp³-hybridized carbons (Fsp3) is 0.750. The van der Waals surface area contributed by atoms with Crippen molar-refractivity contribution in [2.45, 2.75) is 52.7 Å². The van der Waals surface area contributed by atoms with E-state index in [-0.39, 0.29) is 5.69 Å². The van der Waals surface area contributed by atoms with Gasteiger partial charge in [-0.15, -0.1) is 0 Å². The third-order valence-electron chi connectivity index (χ3n) is 4.94. The molecule has 8 nitrogen and oxygen atoms in total.